The van der Waals surface area contributed by atoms with Gasteiger partial charge in [0.1, 0.15) is 5.82 Å². The Morgan fingerprint density at radius 2 is 1.77 bits per heavy atom. The van der Waals surface area contributed by atoms with Gasteiger partial charge in [0.25, 0.3) is 5.91 Å². The van der Waals surface area contributed by atoms with Crippen molar-refractivity contribution < 1.29 is 9.59 Å². The van der Waals surface area contributed by atoms with Crippen LogP contribution in [0.2, 0.25) is 10.0 Å². The van der Waals surface area contributed by atoms with E-state index in [4.69, 9.17) is 23.2 Å². The second kappa shape index (κ2) is 8.06. The Hall–Kier alpha value is -2.11. The van der Waals surface area contributed by atoms with E-state index < -0.39 is 0 Å². The highest BCUT2D eigenvalue weighted by molar-refractivity contribution is 6.35. The Labute approximate surface area is 162 Å². The van der Waals surface area contributed by atoms with Gasteiger partial charge in [0.15, 0.2) is 0 Å². The van der Waals surface area contributed by atoms with Gasteiger partial charge in [0.05, 0.1) is 0 Å². The quantitative estimate of drug-likeness (QED) is 0.852. The van der Waals surface area contributed by atoms with Crippen LogP contribution < -0.4 is 5.32 Å². The van der Waals surface area contributed by atoms with Crippen molar-refractivity contribution in [3.63, 3.8) is 0 Å². The molecule has 1 saturated heterocycles. The highest BCUT2D eigenvalue weighted by Gasteiger charge is 2.28. The van der Waals surface area contributed by atoms with Gasteiger partial charge in [-0.3, -0.25) is 9.59 Å². The molecule has 0 bridgehead atoms. The molecule has 1 aromatic heterocycles. The fraction of sp³-hybridized carbons (Fsp3) is 0.316. The number of nitrogens with one attached hydrogen (secondary N) is 1. The summed E-state index contributed by atoms with van der Waals surface area (Å²) in [5, 5.41) is 3.70. The van der Waals surface area contributed by atoms with Gasteiger partial charge in [0.2, 0.25) is 5.91 Å². The summed E-state index contributed by atoms with van der Waals surface area (Å²) in [6, 6.07) is 8.50. The summed E-state index contributed by atoms with van der Waals surface area (Å²) in [7, 11) is 0. The van der Waals surface area contributed by atoms with E-state index in [1.54, 1.807) is 35.4 Å². The Bertz CT molecular complexity index is 796. The molecule has 1 N–H and O–H groups in total. The molecule has 0 saturated carbocycles. The van der Waals surface area contributed by atoms with Crippen molar-refractivity contribution in [3.05, 3.63) is 57.7 Å². The summed E-state index contributed by atoms with van der Waals surface area (Å²) in [6.45, 7) is 2.98. The van der Waals surface area contributed by atoms with Crippen molar-refractivity contribution in [2.24, 2.45) is 5.92 Å². The predicted molar refractivity (Wildman–Crippen MR) is 103 cm³/mol. The summed E-state index contributed by atoms with van der Waals surface area (Å²) in [6.07, 6.45) is 2.93. The number of nitrogens with zero attached hydrogens (tertiary/aromatic N) is 2. The minimum Gasteiger partial charge on any atom is -0.339 e. The third-order valence-corrected chi connectivity index (χ3v) is 4.86. The monoisotopic (exact) mass is 391 g/mol. The molecule has 0 aliphatic carbocycles. The van der Waals surface area contributed by atoms with Crippen molar-refractivity contribution in [2.45, 2.75) is 19.8 Å². The number of aryl methyl sites for hydroxylation is 1. The number of hydrogen-bond donors (Lipinski definition) is 1. The molecule has 26 heavy (non-hydrogen) atoms. The smallest absolute Gasteiger partial charge is 0.253 e. The van der Waals surface area contributed by atoms with Crippen molar-refractivity contribution in [2.75, 3.05) is 18.4 Å². The third-order valence-electron chi connectivity index (χ3n) is 4.43. The molecule has 0 unspecified atom stereocenters. The van der Waals surface area contributed by atoms with Crippen molar-refractivity contribution in [1.82, 2.24) is 9.88 Å². The van der Waals surface area contributed by atoms with Crippen LogP contribution >= 0.6 is 23.2 Å². The van der Waals surface area contributed by atoms with Crippen molar-refractivity contribution in [3.8, 4) is 0 Å². The molecule has 2 aromatic rings. The predicted octanol–water partition coefficient (Wildman–Crippen LogP) is 4.19. The lowest BCUT2D eigenvalue weighted by atomic mass is 9.95. The average molecular weight is 392 g/mol. The second-order valence-corrected chi connectivity index (χ2v) is 7.31. The summed E-state index contributed by atoms with van der Waals surface area (Å²) in [5.74, 6) is 0.241. The van der Waals surface area contributed by atoms with E-state index in [2.05, 4.69) is 10.3 Å². The normalized spacial score (nSPS) is 15.0. The molecule has 2 amide bonds. The number of aromatic nitrogens is 1. The van der Waals surface area contributed by atoms with E-state index in [0.717, 1.165) is 5.56 Å². The van der Waals surface area contributed by atoms with Crippen molar-refractivity contribution >= 4 is 40.8 Å². The van der Waals surface area contributed by atoms with Crippen LogP contribution in [0.1, 0.15) is 28.8 Å². The van der Waals surface area contributed by atoms with Crippen LogP contribution in [0.4, 0.5) is 5.82 Å². The number of piperidine rings is 1. The number of benzene rings is 1. The van der Waals surface area contributed by atoms with Gasteiger partial charge >= 0.3 is 0 Å². The minimum atomic E-state index is -0.134. The Kier molecular flexibility index (Phi) is 5.79. The van der Waals surface area contributed by atoms with Gasteiger partial charge in [-0.1, -0.05) is 29.3 Å². The average Bonchev–Trinajstić information content (AvgIpc) is 2.62. The van der Waals surface area contributed by atoms with Gasteiger partial charge in [-0.05, 0) is 49.6 Å². The molecule has 3 rings (SSSR count). The van der Waals surface area contributed by atoms with E-state index in [9.17, 15) is 9.59 Å². The number of pyridine rings is 1. The van der Waals surface area contributed by atoms with Crippen LogP contribution in [0.3, 0.4) is 0 Å². The number of hydrogen-bond acceptors (Lipinski definition) is 3. The zero-order chi connectivity index (χ0) is 18.7. The minimum absolute atomic E-state index is 0.0562. The van der Waals surface area contributed by atoms with Gasteiger partial charge < -0.3 is 10.2 Å². The van der Waals surface area contributed by atoms with Crippen LogP contribution in [-0.2, 0) is 4.79 Å². The van der Waals surface area contributed by atoms with Crippen LogP contribution in [-0.4, -0.2) is 34.8 Å². The fourth-order valence-electron chi connectivity index (χ4n) is 2.97. The Balaban J connectivity index is 1.57. The summed E-state index contributed by atoms with van der Waals surface area (Å²) in [4.78, 5) is 30.9. The van der Waals surface area contributed by atoms with Crippen LogP contribution in [0.15, 0.2) is 36.5 Å². The molecule has 1 fully saturated rings. The van der Waals surface area contributed by atoms with Crippen LogP contribution in [0.5, 0.6) is 0 Å². The second-order valence-electron chi connectivity index (χ2n) is 6.43. The first-order chi connectivity index (χ1) is 12.4. The third kappa shape index (κ3) is 4.54. The fourth-order valence-corrected chi connectivity index (χ4v) is 3.50. The highest BCUT2D eigenvalue weighted by atomic mass is 35.5. The molecule has 0 spiro atoms. The maximum atomic E-state index is 12.6. The van der Waals surface area contributed by atoms with E-state index in [1.165, 1.54) is 0 Å². The standard InChI is InChI=1S/C19H19Cl2N3O2/c1-12-2-3-17(22-11-12)23-18(25)13-4-6-24(7-5-13)19(26)14-8-15(20)10-16(21)9-14/h2-3,8-11,13H,4-7H2,1H3,(H,22,23,25). The lowest BCUT2D eigenvalue weighted by Gasteiger charge is -2.31. The summed E-state index contributed by atoms with van der Waals surface area (Å²) >= 11 is 11.9. The molecule has 1 aliphatic rings. The van der Waals surface area contributed by atoms with Gasteiger partial charge in [0, 0.05) is 40.8 Å². The lowest BCUT2D eigenvalue weighted by molar-refractivity contribution is -0.121. The first-order valence-electron chi connectivity index (χ1n) is 8.41. The zero-order valence-corrected chi connectivity index (χ0v) is 15.8. The highest BCUT2D eigenvalue weighted by Crippen LogP contribution is 2.24. The first-order valence-corrected chi connectivity index (χ1v) is 9.17. The number of halogens is 2. The first kappa shape index (κ1) is 18.7. The van der Waals surface area contributed by atoms with Crippen LogP contribution in [0.25, 0.3) is 0 Å². The molecule has 2 heterocycles. The van der Waals surface area contributed by atoms with Gasteiger partial charge in [-0.2, -0.15) is 0 Å². The Morgan fingerprint density at radius 1 is 1.12 bits per heavy atom. The molecule has 1 aliphatic heterocycles. The van der Waals surface area contributed by atoms with E-state index in [-0.39, 0.29) is 17.7 Å². The molecule has 1 aromatic carbocycles. The van der Waals surface area contributed by atoms with E-state index >= 15 is 0 Å². The number of rotatable bonds is 3. The number of amides is 2. The molecule has 136 valence electrons. The largest absolute Gasteiger partial charge is 0.339 e. The summed E-state index contributed by atoms with van der Waals surface area (Å²) < 4.78 is 0. The molecular formula is C19H19Cl2N3O2. The molecule has 0 radical (unpaired) electrons. The van der Waals surface area contributed by atoms with E-state index in [1.807, 2.05) is 13.0 Å². The number of carbonyl (C=O) groups excluding carboxylic acids is 2. The molecule has 5 nitrogen and oxygen atoms in total. The maximum absolute atomic E-state index is 12.6. The number of anilines is 1. The topological polar surface area (TPSA) is 62.3 Å². The maximum Gasteiger partial charge on any atom is 0.253 e. The van der Waals surface area contributed by atoms with Crippen LogP contribution in [0, 0.1) is 12.8 Å². The van der Waals surface area contributed by atoms with Crippen molar-refractivity contribution in [1.29, 1.82) is 0 Å². The SMILES string of the molecule is Cc1ccc(NC(=O)C2CCN(C(=O)c3cc(Cl)cc(Cl)c3)CC2)nc1. The number of carbonyl (C=O) groups is 2. The zero-order valence-electron chi connectivity index (χ0n) is 14.3. The molecular weight excluding hydrogens is 373 g/mol. The number of likely N-dealkylation sites (tertiary alicyclic amines) is 1. The van der Waals surface area contributed by atoms with E-state index in [0.29, 0.717) is 47.4 Å². The lowest BCUT2D eigenvalue weighted by Crippen LogP contribution is -2.41. The molecule has 0 atom stereocenters. The Morgan fingerprint density at radius 3 is 2.35 bits per heavy atom. The summed E-state index contributed by atoms with van der Waals surface area (Å²) in [5.41, 5.74) is 1.50. The van der Waals surface area contributed by atoms with Gasteiger partial charge in [-0.15, -0.1) is 0 Å². The molecule has 7 heteroatoms. The van der Waals surface area contributed by atoms with Gasteiger partial charge in [-0.25, -0.2) is 4.98 Å².